The second-order valence-corrected chi connectivity index (χ2v) is 7.71. The van der Waals surface area contributed by atoms with Gasteiger partial charge in [0.2, 0.25) is 0 Å². The van der Waals surface area contributed by atoms with E-state index in [9.17, 15) is 9.18 Å². The molecule has 0 saturated carbocycles. The highest BCUT2D eigenvalue weighted by Crippen LogP contribution is 2.41. The van der Waals surface area contributed by atoms with Crippen LogP contribution in [0, 0.1) is 5.82 Å². The van der Waals surface area contributed by atoms with Gasteiger partial charge in [0, 0.05) is 30.1 Å². The first kappa shape index (κ1) is 20.3. The van der Waals surface area contributed by atoms with Gasteiger partial charge in [-0.05, 0) is 63.9 Å². The Hall–Kier alpha value is -3.02. The van der Waals surface area contributed by atoms with Crippen molar-refractivity contribution in [2.75, 3.05) is 24.6 Å². The minimum atomic E-state index is -0.472. The zero-order valence-corrected chi connectivity index (χ0v) is 17.5. The maximum Gasteiger partial charge on any atom is 0.342 e. The Morgan fingerprint density at radius 3 is 2.50 bits per heavy atom. The number of carbonyl (C=O) groups excluding carboxylic acids is 1. The molecule has 0 N–H and O–H groups in total. The summed E-state index contributed by atoms with van der Waals surface area (Å²) in [5.41, 5.74) is 2.49. The van der Waals surface area contributed by atoms with Crippen molar-refractivity contribution in [1.29, 1.82) is 0 Å². The fourth-order valence-electron chi connectivity index (χ4n) is 3.88. The quantitative estimate of drug-likeness (QED) is 0.480. The number of hydrogen-bond donors (Lipinski definition) is 0. The van der Waals surface area contributed by atoms with Crippen LogP contribution in [0.15, 0.2) is 40.8 Å². The van der Waals surface area contributed by atoms with E-state index in [4.69, 9.17) is 13.9 Å². The van der Waals surface area contributed by atoms with E-state index in [0.29, 0.717) is 27.9 Å². The molecule has 1 fully saturated rings. The summed E-state index contributed by atoms with van der Waals surface area (Å²) in [6, 6.07) is 9.70. The second kappa shape index (κ2) is 8.38. The second-order valence-electron chi connectivity index (χ2n) is 7.71. The molecule has 158 valence electrons. The van der Waals surface area contributed by atoms with Gasteiger partial charge in [-0.2, -0.15) is 0 Å². The molecule has 0 amide bonds. The normalized spacial score (nSPS) is 14.0. The molecule has 0 unspecified atom stereocenters. The number of nitrogens with zero attached hydrogens (tertiary/aromatic N) is 1. The SMILES string of the molecule is CCOC(=O)c1c(-c2ccc(F)cc2)oc2cc(N3CCCC3)c(OC(C)C)cc12. The van der Waals surface area contributed by atoms with Crippen molar-refractivity contribution in [2.45, 2.75) is 39.7 Å². The molecule has 4 rings (SSSR count). The molecule has 1 aliphatic heterocycles. The number of fused-ring (bicyclic) bond motifs is 1. The van der Waals surface area contributed by atoms with Crippen LogP contribution in [0.1, 0.15) is 44.0 Å². The van der Waals surface area contributed by atoms with Crippen LogP contribution >= 0.6 is 0 Å². The largest absolute Gasteiger partial charge is 0.489 e. The smallest absolute Gasteiger partial charge is 0.342 e. The van der Waals surface area contributed by atoms with Gasteiger partial charge in [-0.3, -0.25) is 0 Å². The van der Waals surface area contributed by atoms with Crippen molar-refractivity contribution in [3.05, 3.63) is 47.8 Å². The molecule has 1 aliphatic rings. The molecule has 0 bridgehead atoms. The molecule has 2 heterocycles. The van der Waals surface area contributed by atoms with E-state index in [-0.39, 0.29) is 18.5 Å². The lowest BCUT2D eigenvalue weighted by Crippen LogP contribution is -2.19. The molecular weight excluding hydrogens is 385 g/mol. The third-order valence-corrected chi connectivity index (χ3v) is 5.16. The average Bonchev–Trinajstić information content (AvgIpc) is 3.35. The van der Waals surface area contributed by atoms with Crippen LogP contribution < -0.4 is 9.64 Å². The maximum absolute atomic E-state index is 13.4. The van der Waals surface area contributed by atoms with Crippen molar-refractivity contribution in [3.63, 3.8) is 0 Å². The summed E-state index contributed by atoms with van der Waals surface area (Å²) in [6.45, 7) is 7.87. The number of furan rings is 1. The van der Waals surface area contributed by atoms with Crippen LogP contribution in [0.25, 0.3) is 22.3 Å². The molecule has 1 saturated heterocycles. The van der Waals surface area contributed by atoms with Crippen molar-refractivity contribution < 1.29 is 23.1 Å². The minimum Gasteiger partial charge on any atom is -0.489 e. The first-order valence-corrected chi connectivity index (χ1v) is 10.4. The number of halogens is 1. The third-order valence-electron chi connectivity index (χ3n) is 5.16. The molecule has 2 aromatic carbocycles. The lowest BCUT2D eigenvalue weighted by Gasteiger charge is -2.22. The van der Waals surface area contributed by atoms with Crippen LogP contribution in [-0.2, 0) is 4.74 Å². The van der Waals surface area contributed by atoms with E-state index in [2.05, 4.69) is 4.90 Å². The number of benzene rings is 2. The first-order valence-electron chi connectivity index (χ1n) is 10.4. The highest BCUT2D eigenvalue weighted by molar-refractivity contribution is 6.10. The van der Waals surface area contributed by atoms with Crippen LogP contribution in [0.5, 0.6) is 5.75 Å². The van der Waals surface area contributed by atoms with Gasteiger partial charge in [0.25, 0.3) is 0 Å². The number of rotatable bonds is 6. The molecule has 0 spiro atoms. The van der Waals surface area contributed by atoms with Crippen molar-refractivity contribution >= 4 is 22.6 Å². The van der Waals surface area contributed by atoms with Gasteiger partial charge in [-0.15, -0.1) is 0 Å². The minimum absolute atomic E-state index is 0.0154. The zero-order chi connectivity index (χ0) is 21.3. The van der Waals surface area contributed by atoms with Gasteiger partial charge in [-0.1, -0.05) is 0 Å². The van der Waals surface area contributed by atoms with E-state index < -0.39 is 5.97 Å². The molecule has 0 atom stereocenters. The van der Waals surface area contributed by atoms with Gasteiger partial charge < -0.3 is 18.8 Å². The molecule has 0 radical (unpaired) electrons. The summed E-state index contributed by atoms with van der Waals surface area (Å²) in [7, 11) is 0. The van der Waals surface area contributed by atoms with E-state index in [1.165, 1.54) is 12.1 Å². The number of carbonyl (C=O) groups is 1. The predicted molar refractivity (Wildman–Crippen MR) is 115 cm³/mol. The number of ether oxygens (including phenoxy) is 2. The number of hydrogen-bond acceptors (Lipinski definition) is 5. The maximum atomic E-state index is 13.4. The van der Waals surface area contributed by atoms with Gasteiger partial charge in [-0.25, -0.2) is 9.18 Å². The number of anilines is 1. The Morgan fingerprint density at radius 1 is 1.17 bits per heavy atom. The summed E-state index contributed by atoms with van der Waals surface area (Å²) < 4.78 is 31.0. The summed E-state index contributed by atoms with van der Waals surface area (Å²) in [5.74, 6) is 0.269. The van der Waals surface area contributed by atoms with Crippen molar-refractivity contribution in [2.24, 2.45) is 0 Å². The van der Waals surface area contributed by atoms with Crippen LogP contribution in [-0.4, -0.2) is 31.8 Å². The molecule has 30 heavy (non-hydrogen) atoms. The van der Waals surface area contributed by atoms with Gasteiger partial charge in [0.05, 0.1) is 18.4 Å². The van der Waals surface area contributed by atoms with Gasteiger partial charge in [0.1, 0.15) is 28.5 Å². The van der Waals surface area contributed by atoms with Crippen molar-refractivity contribution in [3.8, 4) is 17.1 Å². The Labute approximate surface area is 175 Å². The average molecular weight is 411 g/mol. The van der Waals surface area contributed by atoms with E-state index in [1.54, 1.807) is 19.1 Å². The van der Waals surface area contributed by atoms with Crippen LogP contribution in [0.2, 0.25) is 0 Å². The lowest BCUT2D eigenvalue weighted by atomic mass is 10.0. The zero-order valence-electron chi connectivity index (χ0n) is 17.5. The number of esters is 1. The highest BCUT2D eigenvalue weighted by Gasteiger charge is 2.27. The summed E-state index contributed by atoms with van der Waals surface area (Å²) in [5, 5.41) is 0.631. The Morgan fingerprint density at radius 2 is 1.87 bits per heavy atom. The molecule has 5 nitrogen and oxygen atoms in total. The summed E-state index contributed by atoms with van der Waals surface area (Å²) in [4.78, 5) is 15.1. The molecule has 1 aromatic heterocycles. The van der Waals surface area contributed by atoms with Gasteiger partial charge >= 0.3 is 5.97 Å². The summed E-state index contributed by atoms with van der Waals surface area (Å²) in [6.07, 6.45) is 2.25. The highest BCUT2D eigenvalue weighted by atomic mass is 19.1. The Bertz CT molecular complexity index is 1050. The van der Waals surface area contributed by atoms with E-state index in [0.717, 1.165) is 37.4 Å². The monoisotopic (exact) mass is 411 g/mol. The third kappa shape index (κ3) is 3.86. The van der Waals surface area contributed by atoms with Crippen LogP contribution in [0.4, 0.5) is 10.1 Å². The molecular formula is C24H26FNO4. The predicted octanol–water partition coefficient (Wildman–Crippen LogP) is 5.80. The van der Waals surface area contributed by atoms with E-state index in [1.807, 2.05) is 26.0 Å². The topological polar surface area (TPSA) is 51.9 Å². The fourth-order valence-corrected chi connectivity index (χ4v) is 3.88. The van der Waals surface area contributed by atoms with Crippen LogP contribution in [0.3, 0.4) is 0 Å². The first-order chi connectivity index (χ1) is 14.5. The fraction of sp³-hybridized carbons (Fsp3) is 0.375. The van der Waals surface area contributed by atoms with E-state index >= 15 is 0 Å². The van der Waals surface area contributed by atoms with Gasteiger partial charge in [0.15, 0.2) is 0 Å². The molecule has 0 aliphatic carbocycles. The molecule has 6 heteroatoms. The van der Waals surface area contributed by atoms with Crippen molar-refractivity contribution in [1.82, 2.24) is 0 Å². The molecule has 3 aromatic rings. The standard InChI is InChI=1S/C24H26FNO4/c1-4-28-24(27)22-18-13-21(29-15(2)3)19(26-11-5-6-12-26)14-20(18)30-23(22)16-7-9-17(25)10-8-16/h7-10,13-15H,4-6,11-12H2,1-3H3. The Kier molecular flexibility index (Phi) is 5.66. The summed E-state index contributed by atoms with van der Waals surface area (Å²) >= 11 is 0. The Balaban J connectivity index is 1.93. The lowest BCUT2D eigenvalue weighted by molar-refractivity contribution is 0.0528.